The van der Waals surface area contributed by atoms with E-state index in [0.29, 0.717) is 18.5 Å². The van der Waals surface area contributed by atoms with Gasteiger partial charge in [-0.15, -0.1) is 24.0 Å². The second kappa shape index (κ2) is 13.3. The Bertz CT molecular complexity index is 711. The Morgan fingerprint density at radius 2 is 1.93 bits per heavy atom. The van der Waals surface area contributed by atoms with Gasteiger partial charge in [-0.2, -0.15) is 0 Å². The number of benzene rings is 1. The number of pyridine rings is 1. The topological polar surface area (TPSA) is 61.8 Å². The van der Waals surface area contributed by atoms with Gasteiger partial charge in [0.2, 0.25) is 5.88 Å². The van der Waals surface area contributed by atoms with E-state index in [0.717, 1.165) is 31.0 Å². The van der Waals surface area contributed by atoms with Crippen molar-refractivity contribution in [3.63, 3.8) is 0 Å². The summed E-state index contributed by atoms with van der Waals surface area (Å²) in [7, 11) is 5.57. The lowest BCUT2D eigenvalue weighted by Gasteiger charge is -2.25. The number of halogens is 1. The Morgan fingerprint density at radius 1 is 1.18 bits per heavy atom. The fraction of sp³-hybridized carbons (Fsp3) is 0.429. The van der Waals surface area contributed by atoms with Crippen LogP contribution in [-0.2, 0) is 13.1 Å². The predicted molar refractivity (Wildman–Crippen MR) is 126 cm³/mol. The van der Waals surface area contributed by atoms with Gasteiger partial charge < -0.3 is 15.4 Å². The number of hydrogen-bond acceptors (Lipinski definition) is 4. The molecule has 2 aromatic rings. The molecule has 0 fully saturated rings. The number of aliphatic imine (C=N–C) groups is 1. The van der Waals surface area contributed by atoms with Crippen molar-refractivity contribution in [3.8, 4) is 5.88 Å². The number of hydrogen-bond donors (Lipinski definition) is 2. The van der Waals surface area contributed by atoms with Gasteiger partial charge >= 0.3 is 0 Å². The third-order valence-electron chi connectivity index (χ3n) is 4.57. The molecule has 1 heterocycles. The molecule has 6 nitrogen and oxygen atoms in total. The summed E-state index contributed by atoms with van der Waals surface area (Å²) in [5.41, 5.74) is 2.44. The summed E-state index contributed by atoms with van der Waals surface area (Å²) < 4.78 is 5.15. The molecular weight excluding hydrogens is 465 g/mol. The summed E-state index contributed by atoms with van der Waals surface area (Å²) in [6.07, 6.45) is 2.78. The third kappa shape index (κ3) is 8.43. The number of guanidine groups is 1. The lowest BCUT2D eigenvalue weighted by molar-refractivity contribution is 0.238. The third-order valence-corrected chi connectivity index (χ3v) is 4.57. The highest BCUT2D eigenvalue weighted by Gasteiger charge is 2.10. The first-order valence-corrected chi connectivity index (χ1v) is 9.30. The van der Waals surface area contributed by atoms with E-state index < -0.39 is 0 Å². The molecule has 1 unspecified atom stereocenters. The Morgan fingerprint density at radius 3 is 2.61 bits per heavy atom. The van der Waals surface area contributed by atoms with Crippen LogP contribution in [0.15, 0.2) is 53.7 Å². The average molecular weight is 497 g/mol. The first-order valence-electron chi connectivity index (χ1n) is 9.30. The van der Waals surface area contributed by atoms with Crippen LogP contribution in [0.25, 0.3) is 0 Å². The number of nitrogens with zero attached hydrogens (tertiary/aromatic N) is 3. The van der Waals surface area contributed by atoms with Crippen LogP contribution in [0.3, 0.4) is 0 Å². The summed E-state index contributed by atoms with van der Waals surface area (Å²) in [6, 6.07) is 14.9. The Kier molecular flexibility index (Phi) is 11.5. The lowest BCUT2D eigenvalue weighted by Crippen LogP contribution is -2.39. The van der Waals surface area contributed by atoms with Gasteiger partial charge in [-0.1, -0.05) is 30.3 Å². The van der Waals surface area contributed by atoms with Gasteiger partial charge in [0.1, 0.15) is 0 Å². The average Bonchev–Trinajstić information content (AvgIpc) is 2.71. The maximum absolute atomic E-state index is 5.15. The van der Waals surface area contributed by atoms with Gasteiger partial charge in [-0.25, -0.2) is 4.98 Å². The van der Waals surface area contributed by atoms with E-state index in [2.05, 4.69) is 69.8 Å². The summed E-state index contributed by atoms with van der Waals surface area (Å²) in [4.78, 5) is 10.8. The van der Waals surface area contributed by atoms with Crippen LogP contribution >= 0.6 is 24.0 Å². The van der Waals surface area contributed by atoms with Gasteiger partial charge in [0, 0.05) is 45.0 Å². The molecule has 0 aliphatic rings. The molecule has 154 valence electrons. The van der Waals surface area contributed by atoms with Crippen LogP contribution in [0.5, 0.6) is 5.88 Å². The summed E-state index contributed by atoms with van der Waals surface area (Å²) in [5, 5.41) is 6.71. The van der Waals surface area contributed by atoms with Crippen LogP contribution in [0.4, 0.5) is 0 Å². The number of nitrogens with one attached hydrogen (secondary N) is 2. The van der Waals surface area contributed by atoms with Crippen molar-refractivity contribution >= 4 is 29.9 Å². The fourth-order valence-corrected chi connectivity index (χ4v) is 2.73. The molecule has 0 saturated carbocycles. The summed E-state index contributed by atoms with van der Waals surface area (Å²) in [5.74, 6) is 1.41. The zero-order valence-corrected chi connectivity index (χ0v) is 19.5. The van der Waals surface area contributed by atoms with E-state index in [1.165, 1.54) is 5.56 Å². The van der Waals surface area contributed by atoms with Crippen molar-refractivity contribution in [3.05, 3.63) is 59.8 Å². The van der Waals surface area contributed by atoms with Crippen molar-refractivity contribution in [1.82, 2.24) is 20.5 Å². The SMILES string of the molecule is CN=C(NCCC(C)N(C)Cc1ccccc1)NCc1ccnc(OC)c1.I. The number of aromatic nitrogens is 1. The van der Waals surface area contributed by atoms with Gasteiger partial charge in [0.15, 0.2) is 5.96 Å². The van der Waals surface area contributed by atoms with Crippen LogP contribution < -0.4 is 15.4 Å². The second-order valence-corrected chi connectivity index (χ2v) is 6.60. The number of rotatable bonds is 9. The molecule has 1 aromatic carbocycles. The zero-order chi connectivity index (χ0) is 19.5. The Hall–Kier alpha value is -1.87. The summed E-state index contributed by atoms with van der Waals surface area (Å²) >= 11 is 0. The van der Waals surface area contributed by atoms with E-state index in [1.807, 2.05) is 12.1 Å². The highest BCUT2D eigenvalue weighted by molar-refractivity contribution is 14.0. The normalized spacial score (nSPS) is 12.2. The predicted octanol–water partition coefficient (Wildman–Crippen LogP) is 3.28. The molecule has 0 spiro atoms. The molecule has 2 N–H and O–H groups in total. The number of ether oxygens (including phenoxy) is 1. The molecule has 2 rings (SSSR count). The molecule has 1 atom stereocenters. The first kappa shape index (κ1) is 24.2. The van der Waals surface area contributed by atoms with E-state index in [-0.39, 0.29) is 24.0 Å². The molecule has 0 saturated heterocycles. The first-order chi connectivity index (χ1) is 13.1. The second-order valence-electron chi connectivity index (χ2n) is 6.60. The highest BCUT2D eigenvalue weighted by Crippen LogP contribution is 2.09. The molecule has 0 amide bonds. The zero-order valence-electron chi connectivity index (χ0n) is 17.2. The molecular formula is C21H32IN5O. The van der Waals surface area contributed by atoms with Crippen molar-refractivity contribution in [2.24, 2.45) is 4.99 Å². The minimum atomic E-state index is 0. The molecule has 0 bridgehead atoms. The maximum Gasteiger partial charge on any atom is 0.213 e. The molecule has 0 radical (unpaired) electrons. The monoisotopic (exact) mass is 497 g/mol. The van der Waals surface area contributed by atoms with Crippen LogP contribution in [0.2, 0.25) is 0 Å². The molecule has 28 heavy (non-hydrogen) atoms. The number of methoxy groups -OCH3 is 1. The molecule has 1 aromatic heterocycles. The van der Waals surface area contributed by atoms with E-state index in [4.69, 9.17) is 4.74 Å². The smallest absolute Gasteiger partial charge is 0.213 e. The summed E-state index contributed by atoms with van der Waals surface area (Å²) in [6.45, 7) is 4.74. The maximum atomic E-state index is 5.15. The minimum Gasteiger partial charge on any atom is -0.481 e. The van der Waals surface area contributed by atoms with Crippen LogP contribution in [0, 0.1) is 0 Å². The molecule has 7 heteroatoms. The lowest BCUT2D eigenvalue weighted by atomic mass is 10.1. The van der Waals surface area contributed by atoms with Crippen molar-refractivity contribution < 1.29 is 4.74 Å². The highest BCUT2D eigenvalue weighted by atomic mass is 127. The van der Waals surface area contributed by atoms with Crippen molar-refractivity contribution in [2.45, 2.75) is 32.5 Å². The van der Waals surface area contributed by atoms with Crippen LogP contribution in [-0.4, -0.2) is 49.6 Å². The largest absolute Gasteiger partial charge is 0.481 e. The minimum absolute atomic E-state index is 0. The van der Waals surface area contributed by atoms with Crippen LogP contribution in [0.1, 0.15) is 24.5 Å². The van der Waals surface area contributed by atoms with Gasteiger partial charge in [-0.05, 0) is 37.6 Å². The van der Waals surface area contributed by atoms with Crippen molar-refractivity contribution in [2.75, 3.05) is 27.7 Å². The van der Waals surface area contributed by atoms with E-state index in [1.54, 1.807) is 20.4 Å². The quantitative estimate of drug-likeness (QED) is 0.317. The van der Waals surface area contributed by atoms with E-state index in [9.17, 15) is 0 Å². The fourth-order valence-electron chi connectivity index (χ4n) is 2.73. The Balaban J connectivity index is 0.00000392. The van der Waals surface area contributed by atoms with E-state index >= 15 is 0 Å². The van der Waals surface area contributed by atoms with Gasteiger partial charge in [0.25, 0.3) is 0 Å². The van der Waals surface area contributed by atoms with Gasteiger partial charge in [-0.3, -0.25) is 9.89 Å². The Labute approximate surface area is 185 Å². The molecule has 0 aliphatic carbocycles. The molecule has 0 aliphatic heterocycles. The van der Waals surface area contributed by atoms with Gasteiger partial charge in [0.05, 0.1) is 7.11 Å². The van der Waals surface area contributed by atoms with Crippen molar-refractivity contribution in [1.29, 1.82) is 0 Å². The standard InChI is InChI=1S/C21H31N5O.HI/c1-17(26(3)16-18-8-6-5-7-9-18)10-12-24-21(22-2)25-15-19-11-13-23-20(14-19)27-4;/h5-9,11,13-14,17H,10,12,15-16H2,1-4H3,(H2,22,24,25);1H.